The zero-order valence-corrected chi connectivity index (χ0v) is 11.5. The number of rotatable bonds is 3. The predicted molar refractivity (Wildman–Crippen MR) is 76.9 cm³/mol. The summed E-state index contributed by atoms with van der Waals surface area (Å²) in [6.07, 6.45) is 2.56. The first-order valence-electron chi connectivity index (χ1n) is 6.29. The van der Waals surface area contributed by atoms with Crippen LogP contribution in [0.1, 0.15) is 30.0 Å². The van der Waals surface area contributed by atoms with Crippen LogP contribution in [0.15, 0.2) is 41.1 Å². The number of oxime groups is 1. The zero-order chi connectivity index (χ0) is 14.0. The Morgan fingerprint density at radius 2 is 2.16 bits per heavy atom. The van der Waals surface area contributed by atoms with Crippen LogP contribution < -0.4 is 0 Å². The minimum Gasteiger partial charge on any atom is -0.312 e. The molecule has 0 saturated heterocycles. The maximum atomic E-state index is 11.7. The molecular formula is C16H17NO2. The monoisotopic (exact) mass is 255 g/mol. The predicted octanol–water partition coefficient (Wildman–Crippen LogP) is 3.57. The molecule has 1 aromatic carbocycles. The Morgan fingerprint density at radius 1 is 1.42 bits per heavy atom. The van der Waals surface area contributed by atoms with Crippen LogP contribution in [0, 0.1) is 13.8 Å². The lowest BCUT2D eigenvalue weighted by atomic mass is 9.98. The van der Waals surface area contributed by atoms with E-state index in [1.54, 1.807) is 0 Å². The third kappa shape index (κ3) is 2.65. The zero-order valence-electron chi connectivity index (χ0n) is 11.5. The maximum Gasteiger partial charge on any atom is 0.368 e. The molecular weight excluding hydrogens is 238 g/mol. The second-order valence-electron chi connectivity index (χ2n) is 4.69. The van der Waals surface area contributed by atoms with E-state index in [0.717, 1.165) is 23.1 Å². The van der Waals surface area contributed by atoms with Gasteiger partial charge in [-0.15, -0.1) is 0 Å². The summed E-state index contributed by atoms with van der Waals surface area (Å²) in [5.41, 5.74) is 5.17. The van der Waals surface area contributed by atoms with Crippen LogP contribution in [0.4, 0.5) is 0 Å². The first-order valence-corrected chi connectivity index (χ1v) is 6.29. The minimum atomic E-state index is -0.412. The summed E-state index contributed by atoms with van der Waals surface area (Å²) in [6, 6.07) is 6.10. The van der Waals surface area contributed by atoms with E-state index in [0.29, 0.717) is 11.3 Å². The van der Waals surface area contributed by atoms with Crippen molar-refractivity contribution in [3.05, 3.63) is 52.6 Å². The average molecular weight is 255 g/mol. The van der Waals surface area contributed by atoms with Gasteiger partial charge < -0.3 is 4.84 Å². The molecule has 0 unspecified atom stereocenters. The van der Waals surface area contributed by atoms with Gasteiger partial charge in [-0.1, -0.05) is 42.4 Å². The van der Waals surface area contributed by atoms with Gasteiger partial charge in [0.1, 0.15) is 5.71 Å². The minimum absolute atomic E-state index is 0.412. The number of benzene rings is 1. The number of hydrogen-bond acceptors (Lipinski definition) is 3. The summed E-state index contributed by atoms with van der Waals surface area (Å²) in [5, 5.41) is 3.81. The van der Waals surface area contributed by atoms with E-state index in [9.17, 15) is 4.79 Å². The largest absolute Gasteiger partial charge is 0.368 e. The van der Waals surface area contributed by atoms with Gasteiger partial charge in [0.25, 0.3) is 0 Å². The summed E-state index contributed by atoms with van der Waals surface area (Å²) < 4.78 is 0. The fourth-order valence-electron chi connectivity index (χ4n) is 1.97. The molecule has 0 fully saturated rings. The number of allylic oxidation sites excluding steroid dienone is 1. The second kappa shape index (κ2) is 5.22. The van der Waals surface area contributed by atoms with Crippen LogP contribution in [0.5, 0.6) is 0 Å². The van der Waals surface area contributed by atoms with Crippen molar-refractivity contribution in [2.75, 3.05) is 0 Å². The van der Waals surface area contributed by atoms with Crippen molar-refractivity contribution in [2.24, 2.45) is 5.16 Å². The molecule has 0 N–H and O–H groups in total. The maximum absolute atomic E-state index is 11.7. The molecule has 0 spiro atoms. The molecule has 19 heavy (non-hydrogen) atoms. The van der Waals surface area contributed by atoms with E-state index >= 15 is 0 Å². The summed E-state index contributed by atoms with van der Waals surface area (Å²) in [4.78, 5) is 16.5. The topological polar surface area (TPSA) is 38.7 Å². The summed E-state index contributed by atoms with van der Waals surface area (Å²) in [5.74, 6) is -0.412. The van der Waals surface area contributed by atoms with Crippen molar-refractivity contribution in [3.8, 4) is 0 Å². The summed E-state index contributed by atoms with van der Waals surface area (Å²) in [6.45, 7) is 9.95. The number of carbonyl (C=O) groups excluding carboxylic acids is 1. The van der Waals surface area contributed by atoms with Gasteiger partial charge in [-0.2, -0.15) is 0 Å². The number of hydrogen-bond donors (Lipinski definition) is 0. The van der Waals surface area contributed by atoms with Crippen molar-refractivity contribution in [2.45, 2.75) is 27.2 Å². The van der Waals surface area contributed by atoms with Crippen molar-refractivity contribution in [3.63, 3.8) is 0 Å². The van der Waals surface area contributed by atoms with E-state index in [4.69, 9.17) is 4.84 Å². The molecule has 1 aliphatic heterocycles. The molecule has 1 heterocycles. The quantitative estimate of drug-likeness (QED) is 0.612. The Bertz CT molecular complexity index is 609. The molecule has 1 aromatic rings. The molecule has 0 amide bonds. The first-order chi connectivity index (χ1) is 9.02. The number of nitrogens with zero attached hydrogens (tertiary/aromatic N) is 1. The molecule has 3 heteroatoms. The molecule has 0 atom stereocenters. The van der Waals surface area contributed by atoms with E-state index in [1.165, 1.54) is 5.56 Å². The highest BCUT2D eigenvalue weighted by Crippen LogP contribution is 2.22. The van der Waals surface area contributed by atoms with Crippen LogP contribution in [0.2, 0.25) is 0 Å². The Labute approximate surface area is 113 Å². The van der Waals surface area contributed by atoms with Crippen molar-refractivity contribution in [1.29, 1.82) is 0 Å². The molecule has 2 rings (SSSR count). The van der Waals surface area contributed by atoms with Gasteiger partial charge in [0.15, 0.2) is 0 Å². The van der Waals surface area contributed by atoms with Crippen molar-refractivity contribution < 1.29 is 9.63 Å². The lowest BCUT2D eigenvalue weighted by molar-refractivity contribution is -0.136. The Hall–Kier alpha value is -2.16. The van der Waals surface area contributed by atoms with E-state index in [2.05, 4.69) is 17.8 Å². The Kier molecular flexibility index (Phi) is 3.65. The third-order valence-corrected chi connectivity index (χ3v) is 3.18. The van der Waals surface area contributed by atoms with Gasteiger partial charge in [0.05, 0.1) is 5.57 Å². The summed E-state index contributed by atoms with van der Waals surface area (Å²) in [7, 11) is 0. The van der Waals surface area contributed by atoms with Gasteiger partial charge in [0.2, 0.25) is 0 Å². The lowest BCUT2D eigenvalue weighted by Crippen LogP contribution is -2.07. The van der Waals surface area contributed by atoms with Crippen LogP contribution >= 0.6 is 0 Å². The molecule has 0 saturated carbocycles. The van der Waals surface area contributed by atoms with Crippen LogP contribution in [-0.2, 0) is 9.63 Å². The van der Waals surface area contributed by atoms with Gasteiger partial charge in [0, 0.05) is 0 Å². The van der Waals surface area contributed by atoms with E-state index < -0.39 is 5.97 Å². The van der Waals surface area contributed by atoms with Crippen LogP contribution in [0.3, 0.4) is 0 Å². The van der Waals surface area contributed by atoms with E-state index in [-0.39, 0.29) is 0 Å². The molecule has 1 aliphatic rings. The number of aryl methyl sites for hydroxylation is 2. The highest BCUT2D eigenvalue weighted by Gasteiger charge is 2.26. The first kappa shape index (κ1) is 13.3. The average Bonchev–Trinajstić information content (AvgIpc) is 2.73. The summed E-state index contributed by atoms with van der Waals surface area (Å²) >= 11 is 0. The fraction of sp³-hybridized carbons (Fsp3) is 0.250. The molecule has 98 valence electrons. The molecule has 3 nitrogen and oxygen atoms in total. The molecule has 0 radical (unpaired) electrons. The Balaban J connectivity index is 2.43. The standard InChI is InChI=1S/C16H17NO2/c1-5-11(3)15-14(16(18)19-17-15)9-13-7-6-10(2)8-12(13)4/h6-9H,3,5H2,1-2,4H3. The van der Waals surface area contributed by atoms with Crippen molar-refractivity contribution >= 4 is 17.8 Å². The fourth-order valence-corrected chi connectivity index (χ4v) is 1.97. The molecule has 0 aliphatic carbocycles. The van der Waals surface area contributed by atoms with Crippen LogP contribution in [-0.4, -0.2) is 11.7 Å². The highest BCUT2D eigenvalue weighted by atomic mass is 16.7. The van der Waals surface area contributed by atoms with Gasteiger partial charge >= 0.3 is 5.97 Å². The van der Waals surface area contributed by atoms with E-state index in [1.807, 2.05) is 39.0 Å². The van der Waals surface area contributed by atoms with Gasteiger partial charge in [-0.3, -0.25) is 0 Å². The Morgan fingerprint density at radius 3 is 2.79 bits per heavy atom. The second-order valence-corrected chi connectivity index (χ2v) is 4.69. The molecule has 0 bridgehead atoms. The third-order valence-electron chi connectivity index (χ3n) is 3.18. The SMILES string of the molecule is C=C(CC)C1=NOC(=O)C1=Cc1ccc(C)cc1C. The molecule has 0 aromatic heterocycles. The van der Waals surface area contributed by atoms with Gasteiger partial charge in [-0.25, -0.2) is 4.79 Å². The normalized spacial score (nSPS) is 16.5. The smallest absolute Gasteiger partial charge is 0.312 e. The highest BCUT2D eigenvalue weighted by molar-refractivity contribution is 6.31. The number of carbonyl (C=O) groups is 1. The van der Waals surface area contributed by atoms with Gasteiger partial charge in [-0.05, 0) is 43.0 Å². The lowest BCUT2D eigenvalue weighted by Gasteiger charge is -2.04. The van der Waals surface area contributed by atoms with Crippen molar-refractivity contribution in [1.82, 2.24) is 0 Å². The van der Waals surface area contributed by atoms with Crippen LogP contribution in [0.25, 0.3) is 6.08 Å².